The maximum absolute atomic E-state index is 12.3. The highest BCUT2D eigenvalue weighted by molar-refractivity contribution is 6.18. The van der Waals surface area contributed by atoms with Gasteiger partial charge in [0, 0.05) is 0 Å². The van der Waals surface area contributed by atoms with Crippen LogP contribution in [-0.4, -0.2) is 17.6 Å². The van der Waals surface area contributed by atoms with Gasteiger partial charge in [-0.25, -0.2) is 0 Å². The van der Waals surface area contributed by atoms with E-state index < -0.39 is 17.6 Å². The Labute approximate surface area is 64.3 Å². The van der Waals surface area contributed by atoms with E-state index in [2.05, 4.69) is 4.74 Å². The van der Waals surface area contributed by atoms with Gasteiger partial charge in [0.15, 0.2) is 0 Å². The zero-order valence-corrected chi connectivity index (χ0v) is 7.01. The largest absolute Gasteiger partial charge is 0.369 e. The van der Waals surface area contributed by atoms with Crippen molar-refractivity contribution in [2.75, 3.05) is 5.88 Å². The van der Waals surface area contributed by atoms with Crippen molar-refractivity contribution in [3.8, 4) is 0 Å². The van der Waals surface area contributed by atoms with E-state index in [-0.39, 0.29) is 0 Å². The van der Waals surface area contributed by atoms with E-state index in [0.29, 0.717) is 0 Å². The van der Waals surface area contributed by atoms with Crippen LogP contribution in [0.2, 0.25) is 0 Å². The Morgan fingerprint density at radius 2 is 1.70 bits per heavy atom. The molecule has 4 heteroatoms. The van der Waals surface area contributed by atoms with E-state index in [1.165, 1.54) is 0 Å². The Balaban J connectivity index is 3.89. The minimum Gasteiger partial charge on any atom is -0.314 e. The molecule has 0 unspecified atom stereocenters. The summed E-state index contributed by atoms with van der Waals surface area (Å²) in [6.45, 7) is 4.65. The fraction of sp³-hybridized carbons (Fsp3) is 1.00. The van der Waals surface area contributed by atoms with Crippen LogP contribution in [0.15, 0.2) is 0 Å². The van der Waals surface area contributed by atoms with Crippen LogP contribution in [0, 0.1) is 0 Å². The van der Waals surface area contributed by atoms with E-state index >= 15 is 0 Å². The second kappa shape index (κ2) is 3.01. The molecular formula is C6H11ClF2O. The Morgan fingerprint density at radius 1 is 1.30 bits per heavy atom. The summed E-state index contributed by atoms with van der Waals surface area (Å²) >= 11 is 4.92. The molecule has 0 aliphatic heterocycles. The molecule has 0 N–H and O–H groups in total. The Morgan fingerprint density at radius 3 is 1.80 bits per heavy atom. The maximum atomic E-state index is 12.3. The monoisotopic (exact) mass is 172 g/mol. The number of rotatable bonds is 2. The minimum absolute atomic E-state index is 0.801. The van der Waals surface area contributed by atoms with Gasteiger partial charge in [0.2, 0.25) is 0 Å². The number of halogens is 3. The molecule has 0 fully saturated rings. The molecule has 0 aromatic rings. The Kier molecular flexibility index (Phi) is 3.04. The van der Waals surface area contributed by atoms with Gasteiger partial charge >= 0.3 is 6.11 Å². The number of ether oxygens (including phenoxy) is 1. The van der Waals surface area contributed by atoms with E-state index in [9.17, 15) is 8.78 Å². The lowest BCUT2D eigenvalue weighted by Crippen LogP contribution is -2.33. The van der Waals surface area contributed by atoms with E-state index in [1.807, 2.05) is 0 Å². The van der Waals surface area contributed by atoms with Crippen LogP contribution in [0.1, 0.15) is 20.8 Å². The summed E-state index contributed by atoms with van der Waals surface area (Å²) in [5.41, 5.74) is -0.849. The van der Waals surface area contributed by atoms with Crippen LogP contribution in [0.25, 0.3) is 0 Å². The molecule has 0 spiro atoms. The lowest BCUT2D eigenvalue weighted by Gasteiger charge is -2.25. The summed E-state index contributed by atoms with van der Waals surface area (Å²) in [6, 6.07) is 0. The molecule has 0 saturated carbocycles. The van der Waals surface area contributed by atoms with Gasteiger partial charge in [-0.05, 0) is 20.8 Å². The highest BCUT2D eigenvalue weighted by Gasteiger charge is 2.34. The van der Waals surface area contributed by atoms with Gasteiger partial charge in [0.1, 0.15) is 5.88 Å². The van der Waals surface area contributed by atoms with Crippen molar-refractivity contribution in [2.24, 2.45) is 0 Å². The van der Waals surface area contributed by atoms with Crippen LogP contribution < -0.4 is 0 Å². The number of hydrogen-bond donors (Lipinski definition) is 0. The van der Waals surface area contributed by atoms with Crippen molar-refractivity contribution in [2.45, 2.75) is 32.5 Å². The molecule has 0 heterocycles. The summed E-state index contributed by atoms with van der Waals surface area (Å²) in [7, 11) is 0. The predicted molar refractivity (Wildman–Crippen MR) is 36.5 cm³/mol. The molecule has 0 saturated heterocycles. The number of hydrogen-bond acceptors (Lipinski definition) is 1. The van der Waals surface area contributed by atoms with E-state index in [4.69, 9.17) is 11.6 Å². The topological polar surface area (TPSA) is 9.23 Å². The molecular weight excluding hydrogens is 162 g/mol. The Hall–Kier alpha value is 0.110. The molecule has 1 nitrogen and oxygen atoms in total. The summed E-state index contributed by atoms with van der Waals surface area (Å²) < 4.78 is 28.9. The molecule has 0 bridgehead atoms. The first-order chi connectivity index (χ1) is 4.27. The van der Waals surface area contributed by atoms with Crippen molar-refractivity contribution in [3.05, 3.63) is 0 Å². The third-order valence-corrected chi connectivity index (χ3v) is 0.922. The quantitative estimate of drug-likeness (QED) is 0.582. The second-order valence-corrected chi connectivity index (χ2v) is 3.25. The molecule has 0 aromatic carbocycles. The summed E-state index contributed by atoms with van der Waals surface area (Å²) in [5.74, 6) is -0.801. The highest BCUT2D eigenvalue weighted by atomic mass is 35.5. The molecule has 62 valence electrons. The molecule has 0 amide bonds. The fourth-order valence-electron chi connectivity index (χ4n) is 0.475. The van der Waals surface area contributed by atoms with Crippen molar-refractivity contribution < 1.29 is 13.5 Å². The first kappa shape index (κ1) is 10.1. The zero-order valence-electron chi connectivity index (χ0n) is 6.25. The van der Waals surface area contributed by atoms with Crippen LogP contribution in [0.4, 0.5) is 8.78 Å². The van der Waals surface area contributed by atoms with Crippen molar-refractivity contribution in [3.63, 3.8) is 0 Å². The smallest absolute Gasteiger partial charge is 0.314 e. The van der Waals surface area contributed by atoms with Gasteiger partial charge in [0.25, 0.3) is 0 Å². The van der Waals surface area contributed by atoms with Crippen LogP contribution in [0.5, 0.6) is 0 Å². The fourth-order valence-corrected chi connectivity index (χ4v) is 0.530. The van der Waals surface area contributed by atoms with E-state index in [0.717, 1.165) is 0 Å². The molecule has 0 aromatic heterocycles. The SMILES string of the molecule is CC(C)(C)OC(F)(F)CCl. The first-order valence-electron chi connectivity index (χ1n) is 2.91. The zero-order chi connectivity index (χ0) is 8.41. The van der Waals surface area contributed by atoms with Crippen molar-refractivity contribution in [1.29, 1.82) is 0 Å². The lowest BCUT2D eigenvalue weighted by molar-refractivity contribution is -0.268. The third kappa shape index (κ3) is 4.94. The first-order valence-corrected chi connectivity index (χ1v) is 3.44. The molecule has 0 rings (SSSR count). The van der Waals surface area contributed by atoms with E-state index in [1.54, 1.807) is 20.8 Å². The van der Waals surface area contributed by atoms with Gasteiger partial charge in [0.05, 0.1) is 5.60 Å². The van der Waals surface area contributed by atoms with Gasteiger partial charge < -0.3 is 4.74 Å². The molecule has 0 radical (unpaired) electrons. The lowest BCUT2D eigenvalue weighted by atomic mass is 10.2. The molecule has 0 aliphatic carbocycles. The average molecular weight is 173 g/mol. The second-order valence-electron chi connectivity index (χ2n) is 2.99. The van der Waals surface area contributed by atoms with Gasteiger partial charge in [-0.1, -0.05) is 0 Å². The normalized spacial score (nSPS) is 13.8. The van der Waals surface area contributed by atoms with Crippen LogP contribution >= 0.6 is 11.6 Å². The predicted octanol–water partition coefficient (Wildman–Crippen LogP) is 2.63. The summed E-state index contributed by atoms with van der Waals surface area (Å²) in [5, 5.41) is 0. The standard InChI is InChI=1S/C6H11ClF2O/c1-5(2,3)10-6(8,9)4-7/h4H2,1-3H3. The average Bonchev–Trinajstić information content (AvgIpc) is 1.60. The maximum Gasteiger partial charge on any atom is 0.369 e. The van der Waals surface area contributed by atoms with Gasteiger partial charge in [-0.2, -0.15) is 8.78 Å². The van der Waals surface area contributed by atoms with Gasteiger partial charge in [-0.15, -0.1) is 11.6 Å². The molecule has 10 heavy (non-hydrogen) atoms. The molecule has 0 atom stereocenters. The number of alkyl halides is 3. The minimum atomic E-state index is -3.21. The highest BCUT2D eigenvalue weighted by Crippen LogP contribution is 2.24. The van der Waals surface area contributed by atoms with Gasteiger partial charge in [-0.3, -0.25) is 0 Å². The van der Waals surface area contributed by atoms with Crippen LogP contribution in [0.3, 0.4) is 0 Å². The summed E-state index contributed by atoms with van der Waals surface area (Å²) in [6.07, 6.45) is -3.21. The van der Waals surface area contributed by atoms with Crippen molar-refractivity contribution >= 4 is 11.6 Å². The summed E-state index contributed by atoms with van der Waals surface area (Å²) in [4.78, 5) is 0. The Bertz CT molecular complexity index is 109. The molecule has 0 aliphatic rings. The third-order valence-electron chi connectivity index (χ3n) is 0.611. The van der Waals surface area contributed by atoms with Crippen LogP contribution in [-0.2, 0) is 4.74 Å². The van der Waals surface area contributed by atoms with Crippen molar-refractivity contribution in [1.82, 2.24) is 0 Å².